The first-order valence-corrected chi connectivity index (χ1v) is 6.45. The van der Waals surface area contributed by atoms with Crippen LogP contribution in [0.4, 0.5) is 4.79 Å². The van der Waals surface area contributed by atoms with Crippen molar-refractivity contribution in [2.24, 2.45) is 0 Å². The quantitative estimate of drug-likeness (QED) is 0.885. The normalized spacial score (nSPS) is 11.4. The van der Waals surface area contributed by atoms with Gasteiger partial charge in [-0.15, -0.1) is 0 Å². The zero-order valence-corrected chi connectivity index (χ0v) is 11.2. The Morgan fingerprint density at radius 1 is 1.00 bits per heavy atom. The van der Waals surface area contributed by atoms with E-state index in [0.717, 1.165) is 0 Å². The Morgan fingerprint density at radius 2 is 1.57 bits per heavy atom. The van der Waals surface area contributed by atoms with Crippen LogP contribution in [0.1, 0.15) is 18.0 Å². The number of carboxylic acid groups (broad SMARTS) is 1. The number of para-hydroxylation sites is 1. The topological polar surface area (TPSA) is 75.6 Å². The van der Waals surface area contributed by atoms with Crippen molar-refractivity contribution in [3.8, 4) is 5.75 Å². The molecule has 0 aliphatic carbocycles. The van der Waals surface area contributed by atoms with Crippen LogP contribution in [0.25, 0.3) is 0 Å². The number of hydrogen-bond donors (Lipinski definition) is 2. The third-order valence-electron chi connectivity index (χ3n) is 2.83. The molecule has 5 nitrogen and oxygen atoms in total. The van der Waals surface area contributed by atoms with Crippen molar-refractivity contribution in [3.63, 3.8) is 0 Å². The highest BCUT2D eigenvalue weighted by Gasteiger charge is 2.18. The van der Waals surface area contributed by atoms with Gasteiger partial charge in [0, 0.05) is 0 Å². The number of carbonyl (C=O) groups is 2. The Balaban J connectivity index is 2.05. The van der Waals surface area contributed by atoms with Crippen LogP contribution in [0.5, 0.6) is 5.75 Å². The van der Waals surface area contributed by atoms with E-state index in [2.05, 4.69) is 5.32 Å². The molecule has 0 aromatic heterocycles. The van der Waals surface area contributed by atoms with Crippen molar-refractivity contribution < 1.29 is 19.4 Å². The maximum atomic E-state index is 11.9. The molecule has 0 heterocycles. The number of aliphatic carboxylic acids is 1. The number of carboxylic acids is 1. The fourth-order valence-corrected chi connectivity index (χ4v) is 1.88. The summed E-state index contributed by atoms with van der Waals surface area (Å²) >= 11 is 0. The van der Waals surface area contributed by atoms with Crippen LogP contribution in [0.3, 0.4) is 0 Å². The SMILES string of the molecule is O=C(O)C[C@@H](NC(=O)Oc1ccccc1)c1ccccc1. The molecule has 2 rings (SSSR count). The van der Waals surface area contributed by atoms with Gasteiger partial charge in [-0.25, -0.2) is 4.79 Å². The van der Waals surface area contributed by atoms with Crippen molar-refractivity contribution in [2.45, 2.75) is 12.5 Å². The smallest absolute Gasteiger partial charge is 0.413 e. The molecule has 2 N–H and O–H groups in total. The number of benzene rings is 2. The molecule has 0 aliphatic rings. The lowest BCUT2D eigenvalue weighted by Crippen LogP contribution is -2.32. The zero-order chi connectivity index (χ0) is 15.1. The van der Waals surface area contributed by atoms with E-state index in [0.29, 0.717) is 11.3 Å². The maximum absolute atomic E-state index is 11.9. The van der Waals surface area contributed by atoms with Crippen LogP contribution in [-0.4, -0.2) is 17.2 Å². The van der Waals surface area contributed by atoms with Gasteiger partial charge in [0.15, 0.2) is 0 Å². The minimum atomic E-state index is -0.996. The fraction of sp³-hybridized carbons (Fsp3) is 0.125. The van der Waals surface area contributed by atoms with Gasteiger partial charge in [-0.3, -0.25) is 4.79 Å². The molecule has 2 aromatic rings. The van der Waals surface area contributed by atoms with Crippen molar-refractivity contribution in [1.29, 1.82) is 0 Å². The summed E-state index contributed by atoms with van der Waals surface area (Å²) in [6, 6.07) is 16.9. The zero-order valence-electron chi connectivity index (χ0n) is 11.2. The summed E-state index contributed by atoms with van der Waals surface area (Å²) in [7, 11) is 0. The minimum absolute atomic E-state index is 0.214. The van der Waals surface area contributed by atoms with Gasteiger partial charge in [-0.2, -0.15) is 0 Å². The molecule has 0 spiro atoms. The largest absolute Gasteiger partial charge is 0.481 e. The second-order valence-corrected chi connectivity index (χ2v) is 4.41. The van der Waals surface area contributed by atoms with E-state index < -0.39 is 18.1 Å². The molecule has 1 amide bonds. The highest BCUT2D eigenvalue weighted by Crippen LogP contribution is 2.17. The summed E-state index contributed by atoms with van der Waals surface area (Å²) in [5, 5.41) is 11.5. The first kappa shape index (κ1) is 14.6. The van der Waals surface area contributed by atoms with Crippen molar-refractivity contribution in [3.05, 3.63) is 66.2 Å². The van der Waals surface area contributed by atoms with Crippen LogP contribution in [0.2, 0.25) is 0 Å². The summed E-state index contributed by atoms with van der Waals surface area (Å²) < 4.78 is 5.10. The van der Waals surface area contributed by atoms with Gasteiger partial charge in [0.05, 0.1) is 12.5 Å². The van der Waals surface area contributed by atoms with E-state index in [1.165, 1.54) is 0 Å². The Morgan fingerprint density at radius 3 is 2.14 bits per heavy atom. The Bertz CT molecular complexity index is 598. The van der Waals surface area contributed by atoms with E-state index in [1.54, 1.807) is 48.5 Å². The van der Waals surface area contributed by atoms with Gasteiger partial charge in [-0.1, -0.05) is 48.5 Å². The van der Waals surface area contributed by atoms with E-state index in [-0.39, 0.29) is 6.42 Å². The summed E-state index contributed by atoms with van der Waals surface area (Å²) in [5.74, 6) is -0.596. The first-order valence-electron chi connectivity index (χ1n) is 6.45. The van der Waals surface area contributed by atoms with Gasteiger partial charge in [0.2, 0.25) is 0 Å². The number of hydrogen-bond acceptors (Lipinski definition) is 3. The predicted octanol–water partition coefficient (Wildman–Crippen LogP) is 2.99. The van der Waals surface area contributed by atoms with Crippen LogP contribution in [0.15, 0.2) is 60.7 Å². The molecule has 0 saturated heterocycles. The number of carbonyl (C=O) groups excluding carboxylic acids is 1. The monoisotopic (exact) mass is 285 g/mol. The van der Waals surface area contributed by atoms with E-state index >= 15 is 0 Å². The molecule has 0 bridgehead atoms. The molecule has 5 heteroatoms. The highest BCUT2D eigenvalue weighted by molar-refractivity contribution is 5.73. The van der Waals surface area contributed by atoms with Gasteiger partial charge in [-0.05, 0) is 17.7 Å². The predicted molar refractivity (Wildman–Crippen MR) is 77.0 cm³/mol. The Kier molecular flexibility index (Phi) is 4.93. The molecular formula is C16H15NO4. The second kappa shape index (κ2) is 7.09. The summed E-state index contributed by atoms with van der Waals surface area (Å²) in [5.41, 5.74) is 0.713. The molecule has 0 saturated carbocycles. The van der Waals surface area contributed by atoms with Crippen molar-refractivity contribution >= 4 is 12.1 Å². The third kappa shape index (κ3) is 4.65. The molecule has 0 unspecified atom stereocenters. The van der Waals surface area contributed by atoms with Crippen molar-refractivity contribution in [2.75, 3.05) is 0 Å². The van der Waals surface area contributed by atoms with Crippen LogP contribution < -0.4 is 10.1 Å². The molecule has 0 fully saturated rings. The highest BCUT2D eigenvalue weighted by atomic mass is 16.6. The summed E-state index contributed by atoms with van der Waals surface area (Å²) in [4.78, 5) is 22.8. The first-order chi connectivity index (χ1) is 10.1. The lowest BCUT2D eigenvalue weighted by atomic mass is 10.0. The number of nitrogens with one attached hydrogen (secondary N) is 1. The van der Waals surface area contributed by atoms with Gasteiger partial charge in [0.25, 0.3) is 0 Å². The standard InChI is InChI=1S/C16H15NO4/c18-15(19)11-14(12-7-3-1-4-8-12)17-16(20)21-13-9-5-2-6-10-13/h1-10,14H,11H2,(H,17,20)(H,18,19)/t14-/m1/s1. The third-order valence-corrected chi connectivity index (χ3v) is 2.83. The molecule has 108 valence electrons. The van der Waals surface area contributed by atoms with E-state index in [1.807, 2.05) is 12.1 Å². The molecular weight excluding hydrogens is 270 g/mol. The van der Waals surface area contributed by atoms with Crippen molar-refractivity contribution in [1.82, 2.24) is 5.32 Å². The Hall–Kier alpha value is -2.82. The average Bonchev–Trinajstić information content (AvgIpc) is 2.48. The Labute approximate surface area is 122 Å². The minimum Gasteiger partial charge on any atom is -0.481 e. The molecule has 0 radical (unpaired) electrons. The van der Waals surface area contributed by atoms with Crippen LogP contribution >= 0.6 is 0 Å². The molecule has 0 aliphatic heterocycles. The number of ether oxygens (including phenoxy) is 1. The lowest BCUT2D eigenvalue weighted by molar-refractivity contribution is -0.137. The van der Waals surface area contributed by atoms with Gasteiger partial charge in [0.1, 0.15) is 5.75 Å². The summed E-state index contributed by atoms with van der Waals surface area (Å²) in [6.07, 6.45) is -0.898. The molecule has 21 heavy (non-hydrogen) atoms. The van der Waals surface area contributed by atoms with Gasteiger partial charge < -0.3 is 15.2 Å². The van der Waals surface area contributed by atoms with Gasteiger partial charge >= 0.3 is 12.1 Å². The van der Waals surface area contributed by atoms with E-state index in [4.69, 9.17) is 9.84 Å². The average molecular weight is 285 g/mol. The maximum Gasteiger partial charge on any atom is 0.413 e. The van der Waals surface area contributed by atoms with E-state index in [9.17, 15) is 9.59 Å². The number of rotatable bonds is 5. The second-order valence-electron chi connectivity index (χ2n) is 4.41. The summed E-state index contributed by atoms with van der Waals surface area (Å²) in [6.45, 7) is 0. The molecule has 2 aromatic carbocycles. The van der Waals surface area contributed by atoms with Crippen LogP contribution in [-0.2, 0) is 4.79 Å². The fourth-order valence-electron chi connectivity index (χ4n) is 1.88. The molecule has 1 atom stereocenters. The number of amides is 1. The van der Waals surface area contributed by atoms with Crippen LogP contribution in [0, 0.1) is 0 Å². The lowest BCUT2D eigenvalue weighted by Gasteiger charge is -2.17.